The molecule has 2 N–H and O–H groups in total. The van der Waals surface area contributed by atoms with Crippen molar-refractivity contribution < 1.29 is 4.74 Å². The smallest absolute Gasteiger partial charge is 0.219 e. The van der Waals surface area contributed by atoms with Gasteiger partial charge in [0.05, 0.1) is 5.69 Å². The number of fused-ring (bicyclic) bond motifs is 1. The summed E-state index contributed by atoms with van der Waals surface area (Å²) >= 11 is 0. The molecule has 4 heteroatoms. The molecule has 19 heavy (non-hydrogen) atoms. The van der Waals surface area contributed by atoms with E-state index in [1.54, 1.807) is 12.3 Å². The van der Waals surface area contributed by atoms with Crippen LogP contribution in [-0.4, -0.2) is 9.97 Å². The summed E-state index contributed by atoms with van der Waals surface area (Å²) in [6.45, 7) is 0.394. The average Bonchev–Trinajstić information content (AvgIpc) is 2.48. The van der Waals surface area contributed by atoms with Crippen molar-refractivity contribution in [1.82, 2.24) is 9.97 Å². The molecular formula is C15H13N3O. The molecular weight excluding hydrogens is 238 g/mol. The van der Waals surface area contributed by atoms with Crippen LogP contribution in [0, 0.1) is 0 Å². The van der Waals surface area contributed by atoms with Gasteiger partial charge in [-0.3, -0.25) is 4.98 Å². The highest BCUT2D eigenvalue weighted by Gasteiger charge is 2.05. The van der Waals surface area contributed by atoms with Crippen molar-refractivity contribution in [2.45, 2.75) is 6.54 Å². The molecule has 2 heterocycles. The fraction of sp³-hybridized carbons (Fsp3) is 0.0667. The van der Waals surface area contributed by atoms with Crippen LogP contribution in [0.15, 0.2) is 54.7 Å². The predicted molar refractivity (Wildman–Crippen MR) is 73.9 cm³/mol. The Labute approximate surface area is 110 Å². The van der Waals surface area contributed by atoms with E-state index in [-0.39, 0.29) is 0 Å². The van der Waals surface area contributed by atoms with Crippen LogP contribution in [0.2, 0.25) is 0 Å². The molecule has 0 spiro atoms. The summed E-state index contributed by atoms with van der Waals surface area (Å²) < 4.78 is 5.80. The van der Waals surface area contributed by atoms with Gasteiger partial charge >= 0.3 is 0 Å². The largest absolute Gasteiger partial charge is 0.437 e. The lowest BCUT2D eigenvalue weighted by Gasteiger charge is -2.08. The van der Waals surface area contributed by atoms with E-state index in [9.17, 15) is 0 Å². The molecule has 0 aliphatic heterocycles. The first kappa shape index (κ1) is 11.6. The van der Waals surface area contributed by atoms with Gasteiger partial charge in [0.1, 0.15) is 5.52 Å². The van der Waals surface area contributed by atoms with Gasteiger partial charge in [0.2, 0.25) is 5.88 Å². The zero-order chi connectivity index (χ0) is 13.1. The minimum Gasteiger partial charge on any atom is -0.437 e. The maximum atomic E-state index is 5.80. The third-order valence-electron chi connectivity index (χ3n) is 2.80. The van der Waals surface area contributed by atoms with Crippen LogP contribution < -0.4 is 10.5 Å². The van der Waals surface area contributed by atoms with Crippen LogP contribution in [0.25, 0.3) is 10.9 Å². The lowest BCUT2D eigenvalue weighted by atomic mass is 10.2. The molecule has 4 nitrogen and oxygen atoms in total. The van der Waals surface area contributed by atoms with E-state index in [2.05, 4.69) is 9.97 Å². The Balaban J connectivity index is 2.01. The first-order valence-electron chi connectivity index (χ1n) is 6.04. The Bertz CT molecular complexity index is 707. The Kier molecular flexibility index (Phi) is 3.08. The molecule has 0 aliphatic carbocycles. The molecule has 2 aromatic heterocycles. The van der Waals surface area contributed by atoms with Crippen LogP contribution in [0.1, 0.15) is 5.69 Å². The van der Waals surface area contributed by atoms with Crippen LogP contribution in [0.5, 0.6) is 11.6 Å². The van der Waals surface area contributed by atoms with Gasteiger partial charge in [-0.05, 0) is 18.2 Å². The van der Waals surface area contributed by atoms with E-state index >= 15 is 0 Å². The fourth-order valence-corrected chi connectivity index (χ4v) is 1.90. The van der Waals surface area contributed by atoms with Crippen molar-refractivity contribution in [3.63, 3.8) is 0 Å². The zero-order valence-electron chi connectivity index (χ0n) is 10.3. The number of rotatable bonds is 3. The molecule has 0 amide bonds. The maximum absolute atomic E-state index is 5.80. The lowest BCUT2D eigenvalue weighted by Crippen LogP contribution is -2.00. The van der Waals surface area contributed by atoms with E-state index in [1.165, 1.54) is 0 Å². The monoisotopic (exact) mass is 251 g/mol. The normalized spacial score (nSPS) is 10.6. The Hall–Kier alpha value is -2.46. The van der Waals surface area contributed by atoms with E-state index in [1.807, 2.05) is 42.5 Å². The highest BCUT2D eigenvalue weighted by molar-refractivity contribution is 5.84. The van der Waals surface area contributed by atoms with E-state index < -0.39 is 0 Å². The average molecular weight is 251 g/mol. The van der Waals surface area contributed by atoms with Crippen LogP contribution in [0.3, 0.4) is 0 Å². The van der Waals surface area contributed by atoms with Gasteiger partial charge in [0.25, 0.3) is 0 Å². The van der Waals surface area contributed by atoms with E-state index in [4.69, 9.17) is 10.5 Å². The zero-order valence-corrected chi connectivity index (χ0v) is 10.3. The summed E-state index contributed by atoms with van der Waals surface area (Å²) in [5.41, 5.74) is 7.19. The van der Waals surface area contributed by atoms with Crippen molar-refractivity contribution in [2.75, 3.05) is 0 Å². The van der Waals surface area contributed by atoms with Crippen molar-refractivity contribution in [3.05, 3.63) is 60.4 Å². The van der Waals surface area contributed by atoms with Crippen LogP contribution >= 0.6 is 0 Å². The summed E-state index contributed by atoms with van der Waals surface area (Å²) in [6, 6.07) is 15.3. The first-order valence-corrected chi connectivity index (χ1v) is 6.04. The number of para-hydroxylation sites is 1. The molecule has 0 fully saturated rings. The Morgan fingerprint density at radius 2 is 1.84 bits per heavy atom. The number of nitrogens with zero attached hydrogens (tertiary/aromatic N) is 2. The number of benzene rings is 1. The summed E-state index contributed by atoms with van der Waals surface area (Å²) in [7, 11) is 0. The molecule has 0 saturated carbocycles. The summed E-state index contributed by atoms with van der Waals surface area (Å²) in [6.07, 6.45) is 1.75. The Morgan fingerprint density at radius 3 is 2.74 bits per heavy atom. The molecule has 0 unspecified atom stereocenters. The SMILES string of the molecule is NCc1cccc(Oc2cccc3cccnc23)n1. The highest BCUT2D eigenvalue weighted by atomic mass is 16.5. The third-order valence-corrected chi connectivity index (χ3v) is 2.80. The van der Waals surface area contributed by atoms with Gasteiger partial charge in [-0.1, -0.05) is 24.3 Å². The number of hydrogen-bond donors (Lipinski definition) is 1. The predicted octanol–water partition coefficient (Wildman–Crippen LogP) is 2.88. The number of ether oxygens (including phenoxy) is 1. The Morgan fingerprint density at radius 1 is 1.00 bits per heavy atom. The molecule has 0 saturated heterocycles. The molecule has 3 rings (SSSR count). The summed E-state index contributed by atoms with van der Waals surface area (Å²) in [5.74, 6) is 1.22. The van der Waals surface area contributed by atoms with Crippen LogP contribution in [0.4, 0.5) is 0 Å². The van der Waals surface area contributed by atoms with E-state index in [0.29, 0.717) is 18.2 Å². The summed E-state index contributed by atoms with van der Waals surface area (Å²) in [5, 5.41) is 1.04. The standard InChI is InChI=1S/C15H13N3O/c16-10-12-6-2-8-14(18-12)19-13-7-1-4-11-5-3-9-17-15(11)13/h1-9H,10,16H2. The molecule has 0 bridgehead atoms. The lowest BCUT2D eigenvalue weighted by molar-refractivity contribution is 0.465. The highest BCUT2D eigenvalue weighted by Crippen LogP contribution is 2.27. The number of pyridine rings is 2. The molecule has 0 atom stereocenters. The van der Waals surface area contributed by atoms with Gasteiger partial charge in [-0.2, -0.15) is 0 Å². The van der Waals surface area contributed by atoms with E-state index in [0.717, 1.165) is 16.6 Å². The molecule has 0 aliphatic rings. The summed E-state index contributed by atoms with van der Waals surface area (Å²) in [4.78, 5) is 8.66. The third kappa shape index (κ3) is 2.39. The first-order chi connectivity index (χ1) is 9.36. The topological polar surface area (TPSA) is 61.0 Å². The molecule has 0 radical (unpaired) electrons. The second kappa shape index (κ2) is 5.04. The van der Waals surface area contributed by atoms with Gasteiger partial charge < -0.3 is 10.5 Å². The van der Waals surface area contributed by atoms with Gasteiger partial charge in [0, 0.05) is 24.2 Å². The van der Waals surface area contributed by atoms with Crippen molar-refractivity contribution in [1.29, 1.82) is 0 Å². The maximum Gasteiger partial charge on any atom is 0.219 e. The second-order valence-electron chi connectivity index (χ2n) is 4.10. The number of hydrogen-bond acceptors (Lipinski definition) is 4. The van der Waals surface area contributed by atoms with Crippen molar-refractivity contribution in [3.8, 4) is 11.6 Å². The second-order valence-corrected chi connectivity index (χ2v) is 4.10. The van der Waals surface area contributed by atoms with Gasteiger partial charge in [-0.25, -0.2) is 4.98 Å². The van der Waals surface area contributed by atoms with Crippen molar-refractivity contribution in [2.24, 2.45) is 5.73 Å². The fourth-order valence-electron chi connectivity index (χ4n) is 1.90. The molecule has 94 valence electrons. The molecule has 3 aromatic rings. The minimum atomic E-state index is 0.394. The number of aromatic nitrogens is 2. The number of nitrogens with two attached hydrogens (primary N) is 1. The minimum absolute atomic E-state index is 0.394. The van der Waals surface area contributed by atoms with Crippen molar-refractivity contribution >= 4 is 10.9 Å². The van der Waals surface area contributed by atoms with Crippen LogP contribution in [-0.2, 0) is 6.54 Å². The van der Waals surface area contributed by atoms with Gasteiger partial charge in [-0.15, -0.1) is 0 Å². The van der Waals surface area contributed by atoms with Gasteiger partial charge in [0.15, 0.2) is 5.75 Å². The molecule has 1 aromatic carbocycles. The quantitative estimate of drug-likeness (QED) is 0.777.